The fraction of sp³-hybridized carbons (Fsp3) is 0.346. The number of aromatic nitrogens is 1. The van der Waals surface area contributed by atoms with E-state index in [0.717, 1.165) is 27.7 Å². The summed E-state index contributed by atoms with van der Waals surface area (Å²) in [4.78, 5) is 15.6. The molecule has 33 heavy (non-hydrogen) atoms. The second-order valence-corrected chi connectivity index (χ2v) is 8.07. The van der Waals surface area contributed by atoms with E-state index in [0.29, 0.717) is 6.42 Å². The summed E-state index contributed by atoms with van der Waals surface area (Å²) in [5.41, 5.74) is 3.46. The van der Waals surface area contributed by atoms with E-state index >= 15 is 0 Å². The third kappa shape index (κ3) is 6.74. The molecule has 7 heteroatoms. The van der Waals surface area contributed by atoms with Crippen molar-refractivity contribution in [3.63, 3.8) is 0 Å². The van der Waals surface area contributed by atoms with Crippen molar-refractivity contribution >= 4 is 28.5 Å². The Morgan fingerprint density at radius 3 is 2.58 bits per heavy atom. The number of para-hydroxylation sites is 1. The number of rotatable bonds is 11. The van der Waals surface area contributed by atoms with Gasteiger partial charge in [-0.25, -0.2) is 9.18 Å². The maximum absolute atomic E-state index is 13.9. The molecule has 0 saturated heterocycles. The Balaban J connectivity index is 2.57. The largest absolute Gasteiger partial charge is 0.392 e. The fourth-order valence-electron chi connectivity index (χ4n) is 3.75. The number of carbonyl (C=O) groups excluding carboxylic acids is 1. The van der Waals surface area contributed by atoms with E-state index in [-0.39, 0.29) is 24.7 Å². The number of nitrogens with zero attached hydrogens (tertiary/aromatic N) is 1. The van der Waals surface area contributed by atoms with Gasteiger partial charge in [-0.2, -0.15) is 5.90 Å². The van der Waals surface area contributed by atoms with E-state index in [2.05, 4.69) is 35.7 Å². The summed E-state index contributed by atoms with van der Waals surface area (Å²) in [5.74, 6) is 2.15. The van der Waals surface area contributed by atoms with Crippen molar-refractivity contribution in [3.05, 3.63) is 72.2 Å². The van der Waals surface area contributed by atoms with E-state index in [9.17, 15) is 19.4 Å². The molecular formula is C26H34FN2O4+. The molecule has 0 bridgehead atoms. The highest BCUT2D eigenvalue weighted by atomic mass is 19.1. The summed E-state index contributed by atoms with van der Waals surface area (Å²) < 4.78 is 16.0. The number of allylic oxidation sites excluding steroid dienone is 5. The maximum atomic E-state index is 13.9. The highest BCUT2D eigenvalue weighted by Gasteiger charge is 2.20. The third-order valence-corrected chi connectivity index (χ3v) is 5.31. The molecule has 0 radical (unpaired) electrons. The molecule has 0 aliphatic heterocycles. The monoisotopic (exact) mass is 457 g/mol. The van der Waals surface area contributed by atoms with Crippen molar-refractivity contribution in [1.29, 1.82) is 0 Å². The van der Waals surface area contributed by atoms with Crippen LogP contribution < -0.4 is 5.90 Å². The van der Waals surface area contributed by atoms with Crippen LogP contribution in [0.3, 0.4) is 0 Å². The van der Waals surface area contributed by atoms with Gasteiger partial charge >= 0.3 is 5.97 Å². The number of quaternary nitrogens is 1. The Morgan fingerprint density at radius 2 is 1.97 bits per heavy atom. The topological polar surface area (TPSA) is 99.3 Å². The zero-order chi connectivity index (χ0) is 24.5. The lowest BCUT2D eigenvalue weighted by Crippen LogP contribution is -2.51. The molecule has 6 nitrogen and oxygen atoms in total. The second kappa shape index (κ2) is 12.3. The smallest absolute Gasteiger partial charge is 0.368 e. The van der Waals surface area contributed by atoms with E-state index < -0.39 is 18.2 Å². The molecule has 0 spiro atoms. The first-order valence-electron chi connectivity index (χ1n) is 11.0. The summed E-state index contributed by atoms with van der Waals surface area (Å²) in [5, 5.41) is 21.4. The standard InChI is InChI=1S/C26H34FN2O4/c1-5-18(11-12-19(27)6-2)26-22-9-7-8-10-23(22)29(17(3)4)24(26)14-13-20(30)15-21(31)16-25(32)33-28/h5,7-14,17,20-21,30-31H,1,6,15-16H2,2-4,28H3/q+1/b14-13+,18-11+,19-12+/t20?,21-/m1/s1. The fourth-order valence-corrected chi connectivity index (χ4v) is 3.75. The van der Waals surface area contributed by atoms with Crippen molar-refractivity contribution in [2.75, 3.05) is 0 Å². The third-order valence-electron chi connectivity index (χ3n) is 5.31. The zero-order valence-corrected chi connectivity index (χ0v) is 19.5. The Labute approximate surface area is 194 Å². The number of aliphatic hydroxyl groups excluding tert-OH is 2. The highest BCUT2D eigenvalue weighted by molar-refractivity contribution is 6.00. The minimum atomic E-state index is -1.06. The molecule has 2 aromatic rings. The lowest BCUT2D eigenvalue weighted by molar-refractivity contribution is -0.657. The van der Waals surface area contributed by atoms with E-state index in [1.807, 2.05) is 24.3 Å². The average molecular weight is 458 g/mol. The second-order valence-electron chi connectivity index (χ2n) is 8.07. The van der Waals surface area contributed by atoms with Gasteiger partial charge in [0.2, 0.25) is 0 Å². The van der Waals surface area contributed by atoms with Crippen LogP contribution in [0.15, 0.2) is 61.0 Å². The van der Waals surface area contributed by atoms with E-state index in [1.54, 1.807) is 31.2 Å². The van der Waals surface area contributed by atoms with Crippen molar-refractivity contribution in [3.8, 4) is 0 Å². The number of carbonyl (C=O) groups is 1. The maximum Gasteiger partial charge on any atom is 0.368 e. The first-order chi connectivity index (χ1) is 15.7. The van der Waals surface area contributed by atoms with Gasteiger partial charge in [0.15, 0.2) is 0 Å². The zero-order valence-electron chi connectivity index (χ0n) is 19.5. The predicted octanol–water partition coefficient (Wildman–Crippen LogP) is 4.27. The molecule has 178 valence electrons. The van der Waals surface area contributed by atoms with Crippen molar-refractivity contribution in [2.24, 2.45) is 0 Å². The van der Waals surface area contributed by atoms with Crippen LogP contribution in [0.2, 0.25) is 0 Å². The molecule has 1 unspecified atom stereocenters. The molecule has 1 heterocycles. The Kier molecular flexibility index (Phi) is 9.78. The van der Waals surface area contributed by atoms with Gasteiger partial charge in [-0.05, 0) is 44.1 Å². The lowest BCUT2D eigenvalue weighted by atomic mass is 10.00. The van der Waals surface area contributed by atoms with E-state index in [1.165, 1.54) is 6.08 Å². The molecule has 2 atom stereocenters. The number of hydrogen-bond donors (Lipinski definition) is 3. The Hall–Kier alpha value is -3.00. The van der Waals surface area contributed by atoms with Crippen LogP contribution in [0.5, 0.6) is 0 Å². The van der Waals surface area contributed by atoms with Crippen molar-refractivity contribution in [1.82, 2.24) is 4.57 Å². The van der Waals surface area contributed by atoms with Gasteiger partial charge in [0.05, 0.1) is 24.5 Å². The Bertz CT molecular complexity index is 1070. The van der Waals surface area contributed by atoms with Crippen molar-refractivity contribution < 1.29 is 30.1 Å². The molecule has 0 fully saturated rings. The number of aliphatic hydroxyl groups is 2. The Morgan fingerprint density at radius 1 is 1.27 bits per heavy atom. The predicted molar refractivity (Wildman–Crippen MR) is 129 cm³/mol. The quantitative estimate of drug-likeness (QED) is 0.347. The van der Waals surface area contributed by atoms with Gasteiger partial charge in [0.1, 0.15) is 0 Å². The number of hydrogen-bond acceptors (Lipinski definition) is 4. The summed E-state index contributed by atoms with van der Waals surface area (Å²) >= 11 is 0. The van der Waals surface area contributed by atoms with Gasteiger partial charge in [0, 0.05) is 34.6 Å². The van der Waals surface area contributed by atoms with Crippen LogP contribution in [-0.4, -0.2) is 33.0 Å². The van der Waals surface area contributed by atoms with Crippen LogP contribution in [0, 0.1) is 0 Å². The number of benzene rings is 1. The van der Waals surface area contributed by atoms with Crippen molar-refractivity contribution in [2.45, 2.75) is 58.3 Å². The lowest BCUT2D eigenvalue weighted by Gasteiger charge is -2.15. The number of fused-ring (bicyclic) bond motifs is 1. The molecule has 2 rings (SSSR count). The summed E-state index contributed by atoms with van der Waals surface area (Å²) in [6.45, 7) is 9.80. The first kappa shape index (κ1) is 26.3. The van der Waals surface area contributed by atoms with Crippen LogP contribution in [0.4, 0.5) is 4.39 Å². The number of halogens is 1. The van der Waals surface area contributed by atoms with E-state index in [4.69, 9.17) is 0 Å². The molecule has 5 N–H and O–H groups in total. The SMILES string of the molecule is C=C/C(=C\C=C(\F)CC)c1c(/C=C/C(O)C[C@@H](O)CC(=O)O[NH3+])n(C(C)C)c2ccccc12. The van der Waals surface area contributed by atoms with Crippen LogP contribution >= 0.6 is 0 Å². The molecule has 0 aliphatic carbocycles. The molecule has 0 amide bonds. The molecule has 0 aliphatic rings. The normalized spacial score (nSPS) is 14.8. The summed E-state index contributed by atoms with van der Waals surface area (Å²) in [6, 6.07) is 8.03. The average Bonchev–Trinajstić information content (AvgIpc) is 3.12. The molecular weight excluding hydrogens is 423 g/mol. The van der Waals surface area contributed by atoms with Gasteiger partial charge in [-0.15, -0.1) is 0 Å². The van der Waals surface area contributed by atoms with Gasteiger partial charge in [0.25, 0.3) is 0 Å². The van der Waals surface area contributed by atoms with Crippen LogP contribution in [-0.2, 0) is 9.63 Å². The summed E-state index contributed by atoms with van der Waals surface area (Å²) in [7, 11) is 0. The first-order valence-corrected chi connectivity index (χ1v) is 11.0. The van der Waals surface area contributed by atoms with Crippen LogP contribution in [0.25, 0.3) is 22.6 Å². The molecule has 1 aromatic heterocycles. The van der Waals surface area contributed by atoms with Gasteiger partial charge in [-0.3, -0.25) is 4.84 Å². The molecule has 0 saturated carbocycles. The van der Waals surface area contributed by atoms with Gasteiger partial charge in [-0.1, -0.05) is 49.9 Å². The minimum absolute atomic E-state index is 0.0303. The van der Waals surface area contributed by atoms with Crippen LogP contribution in [0.1, 0.15) is 57.3 Å². The molecule has 1 aromatic carbocycles. The summed E-state index contributed by atoms with van der Waals surface area (Å²) in [6.07, 6.45) is 6.20. The van der Waals surface area contributed by atoms with Gasteiger partial charge < -0.3 is 14.8 Å². The highest BCUT2D eigenvalue weighted by Crippen LogP contribution is 2.36. The minimum Gasteiger partial charge on any atom is -0.392 e.